The minimum absolute atomic E-state index is 0.0197. The van der Waals surface area contributed by atoms with E-state index in [2.05, 4.69) is 21.3 Å². The Kier molecular flexibility index (Phi) is 7.02. The second-order valence-corrected chi connectivity index (χ2v) is 14.5. The molecule has 11 heteroatoms. The Hall–Kier alpha value is -4.41. The number of methoxy groups -OCH3 is 1. The number of aromatic nitrogens is 4. The summed E-state index contributed by atoms with van der Waals surface area (Å²) in [6.07, 6.45) is 6.29. The summed E-state index contributed by atoms with van der Waals surface area (Å²) in [5, 5.41) is 1.53. The van der Waals surface area contributed by atoms with Gasteiger partial charge in [0.1, 0.15) is 16.9 Å². The van der Waals surface area contributed by atoms with Crippen LogP contribution in [0.25, 0.3) is 33.6 Å². The van der Waals surface area contributed by atoms with Gasteiger partial charge in [-0.1, -0.05) is 23.7 Å². The largest absolute Gasteiger partial charge is 0.494 e. The Morgan fingerprint density at radius 2 is 1.75 bits per heavy atom. The van der Waals surface area contributed by atoms with E-state index in [1.54, 1.807) is 19.2 Å². The van der Waals surface area contributed by atoms with Crippen LogP contribution in [-0.2, 0) is 13.1 Å². The summed E-state index contributed by atoms with van der Waals surface area (Å²) in [6.45, 7) is 3.41. The third-order valence-electron chi connectivity index (χ3n) is 11.0. The Morgan fingerprint density at radius 3 is 2.48 bits per heavy atom. The van der Waals surface area contributed by atoms with Crippen LogP contribution in [0.15, 0.2) is 60.8 Å². The van der Waals surface area contributed by atoms with Gasteiger partial charge in [0.05, 0.1) is 28.9 Å². The number of piperidine rings is 1. The van der Waals surface area contributed by atoms with Gasteiger partial charge >= 0.3 is 0 Å². The highest BCUT2D eigenvalue weighted by atomic mass is 35.5. The van der Waals surface area contributed by atoms with Crippen molar-refractivity contribution in [1.29, 1.82) is 0 Å². The second kappa shape index (κ2) is 11.3. The van der Waals surface area contributed by atoms with Crippen LogP contribution in [-0.4, -0.2) is 79.5 Å². The van der Waals surface area contributed by atoms with Gasteiger partial charge in [-0.3, -0.25) is 9.59 Å². The fourth-order valence-electron chi connectivity index (χ4n) is 8.26. The maximum absolute atomic E-state index is 14.0. The van der Waals surface area contributed by atoms with Gasteiger partial charge in [-0.15, -0.1) is 0 Å². The lowest BCUT2D eigenvalue weighted by Gasteiger charge is -2.40. The number of halogens is 1. The molecule has 2 N–H and O–H groups in total. The number of imidazole rings is 1. The van der Waals surface area contributed by atoms with Crippen LogP contribution in [0, 0.1) is 17.8 Å². The number of nitrogens with zero attached hydrogens (tertiary/aromatic N) is 6. The molecule has 9 rings (SSSR count). The molecule has 2 saturated heterocycles. The number of ether oxygens (including phenoxy) is 1. The molecule has 4 fully saturated rings. The third kappa shape index (κ3) is 4.79. The number of nitrogens with two attached hydrogens (primary N) is 1. The van der Waals surface area contributed by atoms with Gasteiger partial charge in [-0.2, -0.15) is 0 Å². The summed E-state index contributed by atoms with van der Waals surface area (Å²) in [7, 11) is 1.65. The summed E-state index contributed by atoms with van der Waals surface area (Å²) < 4.78 is 10.6. The summed E-state index contributed by atoms with van der Waals surface area (Å²) in [5.74, 6) is 2.52. The van der Waals surface area contributed by atoms with Gasteiger partial charge in [0.2, 0.25) is 0 Å². The lowest BCUT2D eigenvalue weighted by molar-refractivity contribution is 0.0471. The van der Waals surface area contributed by atoms with Crippen LogP contribution in [0.4, 0.5) is 0 Å². The number of pyridine rings is 1. The number of hydrogen-bond acceptors (Lipinski definition) is 6. The van der Waals surface area contributed by atoms with E-state index in [4.69, 9.17) is 32.0 Å². The fraction of sp³-hybridized carbons (Fsp3) is 0.405. The first-order valence-corrected chi connectivity index (χ1v) is 17.4. The predicted molar refractivity (Wildman–Crippen MR) is 184 cm³/mol. The molecule has 3 atom stereocenters. The second-order valence-electron chi connectivity index (χ2n) is 14.1. The van der Waals surface area contributed by atoms with Crippen molar-refractivity contribution in [2.45, 2.75) is 50.9 Å². The van der Waals surface area contributed by atoms with Crippen molar-refractivity contribution >= 4 is 45.5 Å². The van der Waals surface area contributed by atoms with Crippen LogP contribution in [0.2, 0.25) is 5.02 Å². The number of hydrogen-bond donors (Lipinski definition) is 1. The molecule has 2 unspecified atom stereocenters. The van der Waals surface area contributed by atoms with E-state index in [0.717, 1.165) is 47.5 Å². The van der Waals surface area contributed by atoms with Crippen molar-refractivity contribution in [3.05, 3.63) is 76.9 Å². The Labute approximate surface area is 283 Å². The van der Waals surface area contributed by atoms with Gasteiger partial charge in [0.25, 0.3) is 11.8 Å². The highest BCUT2D eigenvalue weighted by molar-refractivity contribution is 6.33. The first-order valence-electron chi connectivity index (χ1n) is 17.0. The average molecular weight is 664 g/mol. The molecule has 2 bridgehead atoms. The first kappa shape index (κ1) is 29.7. The minimum atomic E-state index is -0.0562. The van der Waals surface area contributed by atoms with Gasteiger partial charge in [0.15, 0.2) is 5.82 Å². The fourth-order valence-corrected chi connectivity index (χ4v) is 8.48. The van der Waals surface area contributed by atoms with Gasteiger partial charge < -0.3 is 29.4 Å². The van der Waals surface area contributed by atoms with Crippen LogP contribution < -0.4 is 10.5 Å². The van der Waals surface area contributed by atoms with E-state index in [9.17, 15) is 9.59 Å². The van der Waals surface area contributed by atoms with Gasteiger partial charge in [-0.25, -0.2) is 9.97 Å². The molecule has 246 valence electrons. The summed E-state index contributed by atoms with van der Waals surface area (Å²) in [4.78, 5) is 41.1. The zero-order valence-corrected chi connectivity index (χ0v) is 27.6. The topological polar surface area (TPSA) is 112 Å². The molecule has 0 radical (unpaired) electrons. The van der Waals surface area contributed by atoms with E-state index in [0.29, 0.717) is 65.4 Å². The molecule has 2 amide bonds. The number of carbonyl (C=O) groups excluding carboxylic acids is 2. The van der Waals surface area contributed by atoms with Crippen molar-refractivity contribution in [2.75, 3.05) is 26.7 Å². The van der Waals surface area contributed by atoms with E-state index < -0.39 is 0 Å². The van der Waals surface area contributed by atoms with Crippen molar-refractivity contribution < 1.29 is 14.3 Å². The molecule has 4 aliphatic rings. The molecular formula is C37H38ClN7O3. The van der Waals surface area contributed by atoms with Crippen LogP contribution in [0.3, 0.4) is 0 Å². The Bertz CT molecular complexity index is 2100. The van der Waals surface area contributed by atoms with Crippen LogP contribution in [0.1, 0.15) is 46.4 Å². The van der Waals surface area contributed by atoms with E-state index in [-0.39, 0.29) is 29.8 Å². The minimum Gasteiger partial charge on any atom is -0.494 e. The molecule has 2 aromatic carbocycles. The van der Waals surface area contributed by atoms with Crippen LogP contribution in [0.5, 0.6) is 5.75 Å². The van der Waals surface area contributed by atoms with Crippen molar-refractivity contribution in [1.82, 2.24) is 28.9 Å². The summed E-state index contributed by atoms with van der Waals surface area (Å²) >= 11 is 6.36. The van der Waals surface area contributed by atoms with Gasteiger partial charge in [0, 0.05) is 67.9 Å². The predicted octanol–water partition coefficient (Wildman–Crippen LogP) is 5.46. The lowest BCUT2D eigenvalue weighted by atomic mass is 9.98. The quantitative estimate of drug-likeness (QED) is 0.236. The molecule has 5 aromatic rings. The normalized spacial score (nSPS) is 22.2. The molecule has 2 saturated carbocycles. The highest BCUT2D eigenvalue weighted by Crippen LogP contribution is 2.41. The lowest BCUT2D eigenvalue weighted by Crippen LogP contribution is -2.51. The maximum atomic E-state index is 14.0. The first-order chi connectivity index (χ1) is 23.4. The molecule has 0 spiro atoms. The number of amides is 2. The number of rotatable bonds is 8. The van der Waals surface area contributed by atoms with E-state index in [1.165, 1.54) is 12.8 Å². The number of fused-ring (bicyclic) bond motifs is 4. The third-order valence-corrected chi connectivity index (χ3v) is 11.3. The molecule has 5 heterocycles. The number of benzene rings is 2. The van der Waals surface area contributed by atoms with Crippen molar-refractivity contribution in [2.24, 2.45) is 23.5 Å². The number of carbonyl (C=O) groups is 2. The molecule has 10 nitrogen and oxygen atoms in total. The summed E-state index contributed by atoms with van der Waals surface area (Å²) in [6, 6.07) is 17.3. The molecular weight excluding hydrogens is 626 g/mol. The van der Waals surface area contributed by atoms with E-state index in [1.807, 2.05) is 46.3 Å². The maximum Gasteiger partial charge on any atom is 0.255 e. The highest BCUT2D eigenvalue weighted by Gasteiger charge is 2.47. The molecule has 2 aliphatic heterocycles. The van der Waals surface area contributed by atoms with E-state index >= 15 is 0 Å². The number of likely N-dealkylation sites (tertiary alicyclic amines) is 2. The Balaban J connectivity index is 1.12. The Morgan fingerprint density at radius 1 is 0.938 bits per heavy atom. The van der Waals surface area contributed by atoms with Crippen molar-refractivity contribution in [3.63, 3.8) is 0 Å². The smallest absolute Gasteiger partial charge is 0.255 e. The molecule has 48 heavy (non-hydrogen) atoms. The average Bonchev–Trinajstić information content (AvgIpc) is 3.44. The molecule has 2 aliphatic carbocycles. The van der Waals surface area contributed by atoms with Crippen LogP contribution >= 0.6 is 11.6 Å². The van der Waals surface area contributed by atoms with Crippen molar-refractivity contribution in [3.8, 4) is 17.3 Å². The SMILES string of the molecule is COc1cc(C(=O)N2CC3CCC2[C@@H]3N)cc2nc(-c3cc4cccnc4n3CC3CC3)n(CC3CN(C(=O)c4ccccc4Cl)C3)c12. The molecule has 3 aromatic heterocycles. The van der Waals surface area contributed by atoms with Gasteiger partial charge in [-0.05, 0) is 80.0 Å². The summed E-state index contributed by atoms with van der Waals surface area (Å²) in [5.41, 5.74) is 11.1. The monoisotopic (exact) mass is 663 g/mol. The standard InChI is InChI=1S/C37H38ClN7O3/c1-48-31-15-25(36(46)44-20-24-10-11-29(44)32(24)39)13-28-33(31)45(19-22-16-42(17-22)37(47)26-6-2-3-7-27(26)38)35(41-28)30-14-23-5-4-12-40-34(23)43(30)18-21-8-9-21/h2-7,12-15,21-22,24,29,32H,8-11,16-20,39H2,1H3/t24?,29?,32-/m1/s1. The zero-order valence-electron chi connectivity index (χ0n) is 26.9. The zero-order chi connectivity index (χ0) is 32.7.